The van der Waals surface area contributed by atoms with Crippen molar-refractivity contribution in [1.82, 2.24) is 9.78 Å². The molecule has 0 radical (unpaired) electrons. The Morgan fingerprint density at radius 1 is 1.19 bits per heavy atom. The van der Waals surface area contributed by atoms with Crippen LogP contribution in [0.3, 0.4) is 0 Å². The van der Waals surface area contributed by atoms with E-state index in [1.54, 1.807) is 0 Å². The van der Waals surface area contributed by atoms with Crippen molar-refractivity contribution in [1.29, 1.82) is 0 Å². The zero-order chi connectivity index (χ0) is 19.4. The zero-order valence-electron chi connectivity index (χ0n) is 14.0. The number of anilines is 1. The Morgan fingerprint density at radius 2 is 1.85 bits per heavy atom. The number of ether oxygens (including phenoxy) is 2. The first-order valence-electron chi connectivity index (χ1n) is 7.19. The second-order valence-electron chi connectivity index (χ2n) is 5.07. The fourth-order valence-corrected chi connectivity index (χ4v) is 2.09. The van der Waals surface area contributed by atoms with Gasteiger partial charge in [-0.2, -0.15) is 0 Å². The minimum absolute atomic E-state index is 0.0405. The van der Waals surface area contributed by atoms with Crippen molar-refractivity contribution in [2.75, 3.05) is 19.5 Å². The van der Waals surface area contributed by atoms with E-state index in [1.165, 1.54) is 39.3 Å². The Labute approximate surface area is 146 Å². The summed E-state index contributed by atoms with van der Waals surface area (Å²) in [5, 5.41) is 28.4. The summed E-state index contributed by atoms with van der Waals surface area (Å²) in [5.41, 5.74) is -0.794. The Balaban J connectivity index is 2.27. The number of carbonyl (C=O) groups is 1. The highest BCUT2D eigenvalue weighted by Crippen LogP contribution is 2.30. The third-order valence-corrected chi connectivity index (χ3v) is 3.51. The lowest BCUT2D eigenvalue weighted by molar-refractivity contribution is -0.385. The van der Waals surface area contributed by atoms with E-state index < -0.39 is 27.5 Å². The molecule has 12 nitrogen and oxygen atoms in total. The normalized spacial score (nSPS) is 11.5. The number of amides is 1. The maximum absolute atomic E-state index is 12.4. The highest BCUT2D eigenvalue weighted by Gasteiger charge is 2.26. The molecule has 0 saturated carbocycles. The summed E-state index contributed by atoms with van der Waals surface area (Å²) in [6.07, 6.45) is 1.05. The van der Waals surface area contributed by atoms with Crippen LogP contribution >= 0.6 is 0 Å². The molecule has 1 aromatic carbocycles. The molecule has 1 atom stereocenters. The molecular formula is C14H15N5O7. The van der Waals surface area contributed by atoms with Crippen LogP contribution in [-0.4, -0.2) is 39.8 Å². The van der Waals surface area contributed by atoms with Crippen LogP contribution in [0, 0.1) is 20.2 Å². The Morgan fingerprint density at radius 3 is 2.35 bits per heavy atom. The van der Waals surface area contributed by atoms with Gasteiger partial charge in [-0.15, -0.1) is 5.10 Å². The number of rotatable bonds is 7. The number of benzene rings is 1. The van der Waals surface area contributed by atoms with Gasteiger partial charge in [0.2, 0.25) is 5.91 Å². The van der Waals surface area contributed by atoms with Crippen LogP contribution in [0.2, 0.25) is 0 Å². The van der Waals surface area contributed by atoms with Crippen LogP contribution in [0.5, 0.6) is 11.6 Å². The number of aromatic nitrogens is 2. The highest BCUT2D eigenvalue weighted by molar-refractivity contribution is 5.95. The van der Waals surface area contributed by atoms with Crippen molar-refractivity contribution < 1.29 is 24.1 Å². The van der Waals surface area contributed by atoms with Gasteiger partial charge in [-0.1, -0.05) is 0 Å². The van der Waals surface area contributed by atoms with E-state index in [4.69, 9.17) is 9.47 Å². The monoisotopic (exact) mass is 365 g/mol. The first-order chi connectivity index (χ1) is 12.3. The fraction of sp³-hybridized carbons (Fsp3) is 0.286. The molecule has 0 spiro atoms. The van der Waals surface area contributed by atoms with Gasteiger partial charge in [-0.3, -0.25) is 25.0 Å². The molecule has 0 saturated heterocycles. The Kier molecular flexibility index (Phi) is 5.35. The maximum atomic E-state index is 12.4. The quantitative estimate of drug-likeness (QED) is 0.577. The van der Waals surface area contributed by atoms with Crippen LogP contribution < -0.4 is 14.8 Å². The summed E-state index contributed by atoms with van der Waals surface area (Å²) >= 11 is 0. The van der Waals surface area contributed by atoms with Gasteiger partial charge in [0, 0.05) is 0 Å². The smallest absolute Gasteiger partial charge is 0.350 e. The average Bonchev–Trinajstić information content (AvgIpc) is 3.05. The molecule has 138 valence electrons. The summed E-state index contributed by atoms with van der Waals surface area (Å²) in [5.74, 6) is -0.640. The second kappa shape index (κ2) is 7.46. The van der Waals surface area contributed by atoms with E-state index in [1.807, 2.05) is 0 Å². The third kappa shape index (κ3) is 3.68. The molecule has 0 fully saturated rings. The number of nitro benzene ring substituents is 1. The van der Waals surface area contributed by atoms with Gasteiger partial charge in [0.05, 0.1) is 30.1 Å². The fourth-order valence-electron chi connectivity index (χ4n) is 2.09. The first kappa shape index (κ1) is 18.6. The number of nitrogens with zero attached hydrogens (tertiary/aromatic N) is 4. The minimum Gasteiger partial charge on any atom is -0.496 e. The van der Waals surface area contributed by atoms with Crippen molar-refractivity contribution >= 4 is 23.0 Å². The predicted molar refractivity (Wildman–Crippen MR) is 88.4 cm³/mol. The molecule has 26 heavy (non-hydrogen) atoms. The lowest BCUT2D eigenvalue weighted by atomic mass is 10.2. The number of hydrogen-bond donors (Lipinski definition) is 1. The summed E-state index contributed by atoms with van der Waals surface area (Å²) in [4.78, 5) is 33.1. The van der Waals surface area contributed by atoms with E-state index in [9.17, 15) is 25.0 Å². The maximum Gasteiger partial charge on any atom is 0.350 e. The molecular weight excluding hydrogens is 350 g/mol. The van der Waals surface area contributed by atoms with Crippen LogP contribution in [0.25, 0.3) is 0 Å². The molecule has 2 rings (SSSR count). The lowest BCUT2D eigenvalue weighted by Gasteiger charge is -2.12. The topological polar surface area (TPSA) is 152 Å². The van der Waals surface area contributed by atoms with Gasteiger partial charge in [-0.05, 0) is 19.1 Å². The molecule has 2 aromatic rings. The van der Waals surface area contributed by atoms with Crippen LogP contribution in [0.15, 0.2) is 24.4 Å². The standard InChI is InChI=1S/C14H15N5O7/c1-8(17-7-12(19(23)24)14(16-17)26-3)13(20)15-10-5-4-9(25-2)6-11(10)18(21)22/h4-8H,1-3H3,(H,15,20). The van der Waals surface area contributed by atoms with Gasteiger partial charge in [0.1, 0.15) is 23.7 Å². The number of carbonyl (C=O) groups excluding carboxylic acids is 1. The van der Waals surface area contributed by atoms with Crippen molar-refractivity contribution in [3.05, 3.63) is 44.6 Å². The summed E-state index contributed by atoms with van der Waals surface area (Å²) < 4.78 is 10.8. The van der Waals surface area contributed by atoms with Crippen LogP contribution in [0.1, 0.15) is 13.0 Å². The average molecular weight is 365 g/mol. The Hall–Kier alpha value is -3.70. The molecule has 0 aliphatic heterocycles. The predicted octanol–water partition coefficient (Wildman–Crippen LogP) is 1.92. The molecule has 1 unspecified atom stereocenters. The molecule has 12 heteroatoms. The third-order valence-electron chi connectivity index (χ3n) is 3.51. The van der Waals surface area contributed by atoms with Gasteiger partial charge < -0.3 is 14.8 Å². The van der Waals surface area contributed by atoms with Gasteiger partial charge in [0.15, 0.2) is 0 Å². The first-order valence-corrected chi connectivity index (χ1v) is 7.19. The molecule has 0 aliphatic rings. The summed E-state index contributed by atoms with van der Waals surface area (Å²) in [7, 11) is 2.57. The molecule has 0 bridgehead atoms. The second-order valence-corrected chi connectivity index (χ2v) is 5.07. The summed E-state index contributed by atoms with van der Waals surface area (Å²) in [6, 6.07) is 2.96. The Bertz CT molecular complexity index is 863. The number of hydrogen-bond acceptors (Lipinski definition) is 8. The largest absolute Gasteiger partial charge is 0.496 e. The molecule has 1 aromatic heterocycles. The number of nitrogens with one attached hydrogen (secondary N) is 1. The van der Waals surface area contributed by atoms with Crippen LogP contribution in [0.4, 0.5) is 17.1 Å². The van der Waals surface area contributed by atoms with Crippen molar-refractivity contribution in [2.45, 2.75) is 13.0 Å². The number of nitro groups is 2. The number of methoxy groups -OCH3 is 2. The van der Waals surface area contributed by atoms with Crippen LogP contribution in [-0.2, 0) is 4.79 Å². The van der Waals surface area contributed by atoms with E-state index in [0.29, 0.717) is 0 Å². The molecule has 1 amide bonds. The van der Waals surface area contributed by atoms with Gasteiger partial charge >= 0.3 is 11.6 Å². The minimum atomic E-state index is -0.987. The van der Waals surface area contributed by atoms with Gasteiger partial charge in [-0.25, -0.2) is 4.68 Å². The molecule has 1 N–H and O–H groups in total. The van der Waals surface area contributed by atoms with Crippen molar-refractivity contribution in [3.63, 3.8) is 0 Å². The van der Waals surface area contributed by atoms with E-state index >= 15 is 0 Å². The van der Waals surface area contributed by atoms with Crippen molar-refractivity contribution in [3.8, 4) is 11.6 Å². The summed E-state index contributed by atoms with van der Waals surface area (Å²) in [6.45, 7) is 1.43. The van der Waals surface area contributed by atoms with E-state index in [-0.39, 0.29) is 23.0 Å². The highest BCUT2D eigenvalue weighted by atomic mass is 16.6. The molecule has 0 aliphatic carbocycles. The van der Waals surface area contributed by atoms with E-state index in [0.717, 1.165) is 10.9 Å². The van der Waals surface area contributed by atoms with Crippen molar-refractivity contribution in [2.24, 2.45) is 0 Å². The van der Waals surface area contributed by atoms with E-state index in [2.05, 4.69) is 10.4 Å². The SMILES string of the molecule is COc1ccc(NC(=O)C(C)n2cc([N+](=O)[O-])c(OC)n2)c([N+](=O)[O-])c1. The van der Waals surface area contributed by atoms with Gasteiger partial charge in [0.25, 0.3) is 5.69 Å². The molecule has 1 heterocycles. The lowest BCUT2D eigenvalue weighted by Crippen LogP contribution is -2.24. The zero-order valence-corrected chi connectivity index (χ0v) is 14.0.